The quantitative estimate of drug-likeness (QED) is 0.412. The van der Waals surface area contributed by atoms with E-state index < -0.39 is 0 Å². The maximum Gasteiger partial charge on any atom is 0.187 e. The molecular formula is C22H24N2O2. The first kappa shape index (κ1) is 19.2. The summed E-state index contributed by atoms with van der Waals surface area (Å²) in [5.74, 6) is -0.0406. The van der Waals surface area contributed by atoms with Crippen molar-refractivity contribution >= 4 is 11.6 Å². The summed E-state index contributed by atoms with van der Waals surface area (Å²) < 4.78 is 0. The SMILES string of the molecule is C/C(=C\C(=O)c1ccccc1)NCCN/C(C)=C/C(=O)c1ccccc1. The van der Waals surface area contributed by atoms with Gasteiger partial charge in [0.2, 0.25) is 0 Å². The topological polar surface area (TPSA) is 58.2 Å². The second-order valence-corrected chi connectivity index (χ2v) is 5.97. The molecular weight excluding hydrogens is 324 g/mol. The zero-order valence-corrected chi connectivity index (χ0v) is 15.2. The number of rotatable bonds is 9. The van der Waals surface area contributed by atoms with E-state index in [2.05, 4.69) is 10.6 Å². The van der Waals surface area contributed by atoms with Gasteiger partial charge in [0, 0.05) is 47.8 Å². The van der Waals surface area contributed by atoms with Gasteiger partial charge >= 0.3 is 0 Å². The highest BCUT2D eigenvalue weighted by Crippen LogP contribution is 2.03. The molecule has 0 aliphatic carbocycles. The summed E-state index contributed by atoms with van der Waals surface area (Å²) in [7, 11) is 0. The first-order valence-electron chi connectivity index (χ1n) is 8.59. The van der Waals surface area contributed by atoms with E-state index in [9.17, 15) is 9.59 Å². The normalized spacial score (nSPS) is 11.8. The third-order valence-corrected chi connectivity index (χ3v) is 3.74. The molecule has 0 unspecified atom stereocenters. The molecule has 4 heteroatoms. The molecule has 2 N–H and O–H groups in total. The van der Waals surface area contributed by atoms with Crippen LogP contribution in [0.3, 0.4) is 0 Å². The van der Waals surface area contributed by atoms with Crippen molar-refractivity contribution in [3.63, 3.8) is 0 Å². The predicted molar refractivity (Wildman–Crippen MR) is 105 cm³/mol. The van der Waals surface area contributed by atoms with Crippen LogP contribution in [0.2, 0.25) is 0 Å². The van der Waals surface area contributed by atoms with Gasteiger partial charge in [0.05, 0.1) is 0 Å². The zero-order chi connectivity index (χ0) is 18.8. The van der Waals surface area contributed by atoms with Crippen molar-refractivity contribution in [2.45, 2.75) is 13.8 Å². The molecule has 0 aliphatic rings. The third kappa shape index (κ3) is 6.40. The van der Waals surface area contributed by atoms with Gasteiger partial charge in [-0.2, -0.15) is 0 Å². The van der Waals surface area contributed by atoms with Crippen LogP contribution >= 0.6 is 0 Å². The van der Waals surface area contributed by atoms with Gasteiger partial charge in [-0.25, -0.2) is 0 Å². The van der Waals surface area contributed by atoms with Gasteiger partial charge < -0.3 is 10.6 Å². The number of benzene rings is 2. The molecule has 134 valence electrons. The van der Waals surface area contributed by atoms with Gasteiger partial charge in [-0.3, -0.25) is 9.59 Å². The number of carbonyl (C=O) groups is 2. The Morgan fingerprint density at radius 1 is 0.692 bits per heavy atom. The molecule has 4 nitrogen and oxygen atoms in total. The fraction of sp³-hybridized carbons (Fsp3) is 0.182. The molecule has 2 aromatic carbocycles. The summed E-state index contributed by atoms with van der Waals surface area (Å²) in [4.78, 5) is 24.1. The van der Waals surface area contributed by atoms with Gasteiger partial charge in [0.15, 0.2) is 11.6 Å². The summed E-state index contributed by atoms with van der Waals surface area (Å²) in [6, 6.07) is 18.3. The van der Waals surface area contributed by atoms with Crippen LogP contribution in [-0.2, 0) is 0 Å². The largest absolute Gasteiger partial charge is 0.387 e. The van der Waals surface area contributed by atoms with Crippen LogP contribution in [0, 0.1) is 0 Å². The minimum atomic E-state index is -0.0203. The molecule has 2 rings (SSSR count). The summed E-state index contributed by atoms with van der Waals surface area (Å²) in [6.45, 7) is 5.02. The van der Waals surface area contributed by atoms with E-state index in [0.29, 0.717) is 24.2 Å². The minimum absolute atomic E-state index is 0.0203. The molecule has 0 saturated heterocycles. The lowest BCUT2D eigenvalue weighted by Crippen LogP contribution is -2.26. The van der Waals surface area contributed by atoms with Gasteiger partial charge in [-0.05, 0) is 13.8 Å². The van der Waals surface area contributed by atoms with Crippen LogP contribution in [-0.4, -0.2) is 24.7 Å². The smallest absolute Gasteiger partial charge is 0.187 e. The summed E-state index contributed by atoms with van der Waals surface area (Å²) in [5.41, 5.74) is 2.96. The summed E-state index contributed by atoms with van der Waals surface area (Å²) in [5, 5.41) is 6.38. The number of ketones is 2. The van der Waals surface area contributed by atoms with Crippen molar-refractivity contribution in [1.82, 2.24) is 10.6 Å². The van der Waals surface area contributed by atoms with Gasteiger partial charge in [0.25, 0.3) is 0 Å². The second-order valence-electron chi connectivity index (χ2n) is 5.97. The molecule has 0 aliphatic heterocycles. The van der Waals surface area contributed by atoms with E-state index in [4.69, 9.17) is 0 Å². The second kappa shape index (κ2) is 9.99. The highest BCUT2D eigenvalue weighted by atomic mass is 16.1. The van der Waals surface area contributed by atoms with Crippen LogP contribution < -0.4 is 10.6 Å². The standard InChI is InChI=1S/C22H24N2O2/c1-17(15-21(25)19-9-5-3-6-10-19)23-13-14-24-18(2)16-22(26)20-11-7-4-8-12-20/h3-12,15-16,23-24H,13-14H2,1-2H3/b17-15+,18-16+. The Morgan fingerprint density at radius 3 is 1.38 bits per heavy atom. The van der Waals surface area contributed by atoms with Gasteiger partial charge in [-0.1, -0.05) is 60.7 Å². The van der Waals surface area contributed by atoms with Crippen LogP contribution in [0.15, 0.2) is 84.2 Å². The molecule has 0 radical (unpaired) electrons. The molecule has 0 heterocycles. The first-order chi connectivity index (χ1) is 12.6. The zero-order valence-electron chi connectivity index (χ0n) is 15.2. The number of nitrogens with one attached hydrogen (secondary N) is 2. The van der Waals surface area contributed by atoms with Crippen molar-refractivity contribution in [2.75, 3.05) is 13.1 Å². The Hall–Kier alpha value is -3.14. The van der Waals surface area contributed by atoms with E-state index in [1.54, 1.807) is 36.4 Å². The van der Waals surface area contributed by atoms with Gasteiger partial charge in [-0.15, -0.1) is 0 Å². The Kier molecular flexibility index (Phi) is 7.37. The average Bonchev–Trinajstić information content (AvgIpc) is 2.66. The Labute approximate surface area is 154 Å². The highest BCUT2D eigenvalue weighted by Gasteiger charge is 2.03. The van der Waals surface area contributed by atoms with Crippen molar-refractivity contribution in [3.05, 3.63) is 95.3 Å². The lowest BCUT2D eigenvalue weighted by atomic mass is 10.1. The molecule has 0 spiro atoms. The maximum absolute atomic E-state index is 12.1. The van der Waals surface area contributed by atoms with Crippen LogP contribution in [0.25, 0.3) is 0 Å². The van der Waals surface area contributed by atoms with Crippen molar-refractivity contribution in [2.24, 2.45) is 0 Å². The van der Waals surface area contributed by atoms with Crippen molar-refractivity contribution in [3.8, 4) is 0 Å². The maximum atomic E-state index is 12.1. The summed E-state index contributed by atoms with van der Waals surface area (Å²) in [6.07, 6.45) is 3.19. The molecule has 0 atom stereocenters. The van der Waals surface area contributed by atoms with Crippen LogP contribution in [0.1, 0.15) is 34.6 Å². The van der Waals surface area contributed by atoms with E-state index in [-0.39, 0.29) is 11.6 Å². The molecule has 26 heavy (non-hydrogen) atoms. The number of hydrogen-bond acceptors (Lipinski definition) is 4. The Bertz CT molecular complexity index is 724. The van der Waals surface area contributed by atoms with E-state index in [0.717, 1.165) is 11.4 Å². The molecule has 0 saturated carbocycles. The number of carbonyl (C=O) groups excluding carboxylic acids is 2. The fourth-order valence-electron chi connectivity index (χ4n) is 2.39. The number of hydrogen-bond donors (Lipinski definition) is 2. The lowest BCUT2D eigenvalue weighted by Gasteiger charge is -2.09. The van der Waals surface area contributed by atoms with Crippen LogP contribution in [0.5, 0.6) is 0 Å². The van der Waals surface area contributed by atoms with Gasteiger partial charge in [0.1, 0.15) is 0 Å². The first-order valence-corrected chi connectivity index (χ1v) is 8.59. The molecule has 0 fully saturated rings. The number of allylic oxidation sites excluding steroid dienone is 4. The lowest BCUT2D eigenvalue weighted by molar-refractivity contribution is 0.103. The van der Waals surface area contributed by atoms with Crippen LogP contribution in [0.4, 0.5) is 0 Å². The fourth-order valence-corrected chi connectivity index (χ4v) is 2.39. The predicted octanol–water partition coefficient (Wildman–Crippen LogP) is 3.74. The average molecular weight is 348 g/mol. The minimum Gasteiger partial charge on any atom is -0.387 e. The molecule has 0 aromatic heterocycles. The van der Waals surface area contributed by atoms with E-state index >= 15 is 0 Å². The van der Waals surface area contributed by atoms with E-state index in [1.165, 1.54) is 0 Å². The Morgan fingerprint density at radius 2 is 1.04 bits per heavy atom. The molecule has 0 amide bonds. The third-order valence-electron chi connectivity index (χ3n) is 3.74. The molecule has 0 bridgehead atoms. The monoisotopic (exact) mass is 348 g/mol. The molecule has 2 aromatic rings. The Balaban J connectivity index is 1.75. The van der Waals surface area contributed by atoms with Crippen molar-refractivity contribution < 1.29 is 9.59 Å². The van der Waals surface area contributed by atoms with Crippen molar-refractivity contribution in [1.29, 1.82) is 0 Å². The van der Waals surface area contributed by atoms with E-state index in [1.807, 2.05) is 50.2 Å². The summed E-state index contributed by atoms with van der Waals surface area (Å²) >= 11 is 0. The highest BCUT2D eigenvalue weighted by molar-refractivity contribution is 6.05.